The Morgan fingerprint density at radius 2 is 2.00 bits per heavy atom. The van der Waals surface area contributed by atoms with Crippen LogP contribution in [0.15, 0.2) is 18.2 Å². The number of carbonyl (C=O) groups is 1. The van der Waals surface area contributed by atoms with Crippen LogP contribution in [0.25, 0.3) is 0 Å². The van der Waals surface area contributed by atoms with Crippen molar-refractivity contribution < 1.29 is 14.3 Å². The molecule has 0 unspecified atom stereocenters. The van der Waals surface area contributed by atoms with Crippen LogP contribution >= 0.6 is 0 Å². The zero-order valence-electron chi connectivity index (χ0n) is 11.8. The minimum atomic E-state index is 0.152. The normalized spacial score (nSPS) is 16.3. The quantitative estimate of drug-likeness (QED) is 0.840. The van der Waals surface area contributed by atoms with E-state index in [0.717, 1.165) is 43.0 Å². The molecule has 1 aliphatic rings. The van der Waals surface area contributed by atoms with Crippen molar-refractivity contribution in [3.63, 3.8) is 0 Å². The molecule has 0 bridgehead atoms. The Morgan fingerprint density at radius 1 is 1.32 bits per heavy atom. The minimum Gasteiger partial charge on any atom is -0.496 e. The third-order valence-electron chi connectivity index (χ3n) is 3.56. The first-order valence-electron chi connectivity index (χ1n) is 6.67. The number of hydrogen-bond donors (Lipinski definition) is 0. The Balaban J connectivity index is 1.92. The van der Waals surface area contributed by atoms with Crippen LogP contribution in [-0.2, 0) is 4.79 Å². The third-order valence-corrected chi connectivity index (χ3v) is 3.56. The maximum Gasteiger partial charge on any atom is 0.219 e. The summed E-state index contributed by atoms with van der Waals surface area (Å²) in [4.78, 5) is 13.1. The standard InChI is InChI=1S/C15H21NO3/c1-11-10-14(4-5-15(11)18-3)19-13-6-8-16(9-7-13)12(2)17/h4-5,10,13H,6-9H2,1-3H3. The summed E-state index contributed by atoms with van der Waals surface area (Å²) < 4.78 is 11.2. The molecule has 1 fully saturated rings. The van der Waals surface area contributed by atoms with E-state index in [2.05, 4.69) is 0 Å². The van der Waals surface area contributed by atoms with E-state index < -0.39 is 0 Å². The van der Waals surface area contributed by atoms with E-state index >= 15 is 0 Å². The molecule has 4 nitrogen and oxygen atoms in total. The lowest BCUT2D eigenvalue weighted by Gasteiger charge is -2.31. The van der Waals surface area contributed by atoms with Crippen LogP contribution in [0.4, 0.5) is 0 Å². The van der Waals surface area contributed by atoms with Crippen LogP contribution < -0.4 is 9.47 Å². The largest absolute Gasteiger partial charge is 0.496 e. The van der Waals surface area contributed by atoms with E-state index in [1.54, 1.807) is 14.0 Å². The smallest absolute Gasteiger partial charge is 0.219 e. The van der Waals surface area contributed by atoms with E-state index in [1.165, 1.54) is 0 Å². The highest BCUT2D eigenvalue weighted by molar-refractivity contribution is 5.73. The Bertz CT molecular complexity index is 451. The topological polar surface area (TPSA) is 38.8 Å². The van der Waals surface area contributed by atoms with Gasteiger partial charge in [-0.15, -0.1) is 0 Å². The van der Waals surface area contributed by atoms with Gasteiger partial charge in [0.2, 0.25) is 5.91 Å². The number of ether oxygens (including phenoxy) is 2. The zero-order chi connectivity index (χ0) is 13.8. The molecule has 1 saturated heterocycles. The molecule has 1 aromatic rings. The van der Waals surface area contributed by atoms with E-state index in [0.29, 0.717) is 0 Å². The van der Waals surface area contributed by atoms with Gasteiger partial charge in [0.1, 0.15) is 17.6 Å². The van der Waals surface area contributed by atoms with Crippen molar-refractivity contribution in [2.75, 3.05) is 20.2 Å². The van der Waals surface area contributed by atoms with E-state index in [1.807, 2.05) is 30.0 Å². The first-order chi connectivity index (χ1) is 9.10. The van der Waals surface area contributed by atoms with E-state index in [-0.39, 0.29) is 12.0 Å². The number of rotatable bonds is 3. The summed E-state index contributed by atoms with van der Waals surface area (Å²) in [6.45, 7) is 5.20. The van der Waals surface area contributed by atoms with Gasteiger partial charge in [0.15, 0.2) is 0 Å². The number of methoxy groups -OCH3 is 1. The third kappa shape index (κ3) is 3.40. The molecule has 1 heterocycles. The highest BCUT2D eigenvalue weighted by Gasteiger charge is 2.21. The lowest BCUT2D eigenvalue weighted by molar-refractivity contribution is -0.130. The number of carbonyl (C=O) groups excluding carboxylic acids is 1. The molecule has 19 heavy (non-hydrogen) atoms. The SMILES string of the molecule is COc1ccc(OC2CCN(C(C)=O)CC2)cc1C. The summed E-state index contributed by atoms with van der Waals surface area (Å²) in [6.07, 6.45) is 1.98. The van der Waals surface area contributed by atoms with Gasteiger partial charge in [-0.1, -0.05) is 0 Å². The van der Waals surface area contributed by atoms with Gasteiger partial charge in [0, 0.05) is 32.9 Å². The summed E-state index contributed by atoms with van der Waals surface area (Å²) in [5, 5.41) is 0. The molecule has 0 spiro atoms. The van der Waals surface area contributed by atoms with Crippen LogP contribution in [0.2, 0.25) is 0 Å². The summed E-state index contributed by atoms with van der Waals surface area (Å²) >= 11 is 0. The molecule has 0 atom stereocenters. The van der Waals surface area contributed by atoms with Gasteiger partial charge in [-0.2, -0.15) is 0 Å². The van der Waals surface area contributed by atoms with Gasteiger partial charge in [0.25, 0.3) is 0 Å². The molecular weight excluding hydrogens is 242 g/mol. The van der Waals surface area contributed by atoms with Gasteiger partial charge >= 0.3 is 0 Å². The van der Waals surface area contributed by atoms with Crippen molar-refractivity contribution >= 4 is 5.91 Å². The van der Waals surface area contributed by atoms with Gasteiger partial charge in [0.05, 0.1) is 7.11 Å². The maximum atomic E-state index is 11.3. The zero-order valence-corrected chi connectivity index (χ0v) is 11.8. The highest BCUT2D eigenvalue weighted by Crippen LogP contribution is 2.25. The summed E-state index contributed by atoms with van der Waals surface area (Å²) in [5.74, 6) is 1.90. The van der Waals surface area contributed by atoms with Gasteiger partial charge < -0.3 is 14.4 Å². The molecule has 1 amide bonds. The first kappa shape index (κ1) is 13.7. The molecule has 4 heteroatoms. The van der Waals surface area contributed by atoms with Crippen LogP contribution in [0.5, 0.6) is 11.5 Å². The second-order valence-corrected chi connectivity index (χ2v) is 4.95. The molecular formula is C15H21NO3. The highest BCUT2D eigenvalue weighted by atomic mass is 16.5. The average Bonchev–Trinajstić information content (AvgIpc) is 2.39. The number of benzene rings is 1. The van der Waals surface area contributed by atoms with Crippen LogP contribution in [0.1, 0.15) is 25.3 Å². The number of piperidine rings is 1. The fourth-order valence-electron chi connectivity index (χ4n) is 2.41. The van der Waals surface area contributed by atoms with Crippen molar-refractivity contribution in [2.45, 2.75) is 32.8 Å². The number of aryl methyl sites for hydroxylation is 1. The number of amides is 1. The number of nitrogens with zero attached hydrogens (tertiary/aromatic N) is 1. The molecule has 0 aromatic heterocycles. The van der Waals surface area contributed by atoms with Gasteiger partial charge in [-0.05, 0) is 30.7 Å². The monoisotopic (exact) mass is 263 g/mol. The maximum absolute atomic E-state index is 11.3. The molecule has 0 radical (unpaired) electrons. The number of hydrogen-bond acceptors (Lipinski definition) is 3. The Morgan fingerprint density at radius 3 is 2.53 bits per heavy atom. The first-order valence-corrected chi connectivity index (χ1v) is 6.67. The molecule has 1 aliphatic heterocycles. The van der Waals surface area contributed by atoms with Crippen LogP contribution in [-0.4, -0.2) is 37.1 Å². The van der Waals surface area contributed by atoms with Crippen molar-refractivity contribution in [1.82, 2.24) is 4.90 Å². The second kappa shape index (κ2) is 5.95. The van der Waals surface area contributed by atoms with Gasteiger partial charge in [-0.25, -0.2) is 0 Å². The van der Waals surface area contributed by atoms with Crippen LogP contribution in [0.3, 0.4) is 0 Å². The number of likely N-dealkylation sites (tertiary alicyclic amines) is 1. The predicted octanol–water partition coefficient (Wildman–Crippen LogP) is 2.39. The molecule has 1 aromatic carbocycles. The fourth-order valence-corrected chi connectivity index (χ4v) is 2.41. The molecule has 0 saturated carbocycles. The molecule has 104 valence electrons. The Labute approximate surface area is 114 Å². The van der Waals surface area contributed by atoms with Crippen LogP contribution in [0, 0.1) is 6.92 Å². The lowest BCUT2D eigenvalue weighted by atomic mass is 10.1. The Kier molecular flexibility index (Phi) is 4.30. The minimum absolute atomic E-state index is 0.152. The fraction of sp³-hybridized carbons (Fsp3) is 0.533. The molecule has 0 N–H and O–H groups in total. The lowest BCUT2D eigenvalue weighted by Crippen LogP contribution is -2.40. The second-order valence-electron chi connectivity index (χ2n) is 4.95. The average molecular weight is 263 g/mol. The van der Waals surface area contributed by atoms with E-state index in [4.69, 9.17) is 9.47 Å². The molecule has 0 aliphatic carbocycles. The van der Waals surface area contributed by atoms with E-state index in [9.17, 15) is 4.79 Å². The summed E-state index contributed by atoms with van der Waals surface area (Å²) in [5.41, 5.74) is 1.07. The Hall–Kier alpha value is -1.71. The van der Waals surface area contributed by atoms with Crippen molar-refractivity contribution in [3.05, 3.63) is 23.8 Å². The van der Waals surface area contributed by atoms with Gasteiger partial charge in [-0.3, -0.25) is 4.79 Å². The predicted molar refractivity (Wildman–Crippen MR) is 73.6 cm³/mol. The molecule has 2 rings (SSSR count). The summed E-state index contributed by atoms with van der Waals surface area (Å²) in [7, 11) is 1.67. The summed E-state index contributed by atoms with van der Waals surface area (Å²) in [6, 6.07) is 5.86. The van der Waals surface area contributed by atoms with Crippen molar-refractivity contribution in [1.29, 1.82) is 0 Å². The van der Waals surface area contributed by atoms with Crippen molar-refractivity contribution in [3.8, 4) is 11.5 Å². The van der Waals surface area contributed by atoms with Crippen molar-refractivity contribution in [2.24, 2.45) is 0 Å².